The van der Waals surface area contributed by atoms with E-state index in [-0.39, 0.29) is 0 Å². The zero-order valence-electron chi connectivity index (χ0n) is 9.31. The van der Waals surface area contributed by atoms with E-state index in [0.717, 1.165) is 30.8 Å². The third kappa shape index (κ3) is 2.06. The molecule has 1 aliphatic rings. The van der Waals surface area contributed by atoms with Crippen LogP contribution in [0.3, 0.4) is 0 Å². The van der Waals surface area contributed by atoms with E-state index < -0.39 is 5.60 Å². The second-order valence-electron chi connectivity index (χ2n) is 4.30. The monoisotopic (exact) mass is 226 g/mol. The number of hydrogen-bond acceptors (Lipinski definition) is 3. The highest BCUT2D eigenvalue weighted by molar-refractivity contribution is 8.00. The Balaban J connectivity index is 2.24. The molecule has 0 saturated carbocycles. The zero-order valence-corrected chi connectivity index (χ0v) is 10.1. The lowest BCUT2D eigenvalue weighted by Gasteiger charge is -2.22. The maximum Gasteiger partial charge on any atom is 0.116 e. The number of thioether (sulfide) groups is 1. The van der Waals surface area contributed by atoms with Crippen LogP contribution in [0, 0.1) is 0 Å². The predicted octanol–water partition coefficient (Wildman–Crippen LogP) is 2.01. The Morgan fingerprint density at radius 3 is 3.13 bits per heavy atom. The summed E-state index contributed by atoms with van der Waals surface area (Å²) in [5.74, 6) is 0.795. The lowest BCUT2D eigenvalue weighted by Crippen LogP contribution is -2.29. The second-order valence-corrected chi connectivity index (χ2v) is 5.72. The van der Waals surface area contributed by atoms with Gasteiger partial charge in [0.05, 0.1) is 5.69 Å². The van der Waals surface area contributed by atoms with E-state index in [0.29, 0.717) is 5.25 Å². The number of hydrogen-bond donors (Lipinski definition) is 1. The van der Waals surface area contributed by atoms with E-state index in [1.165, 1.54) is 0 Å². The third-order valence-electron chi connectivity index (χ3n) is 2.86. The summed E-state index contributed by atoms with van der Waals surface area (Å²) in [5.41, 5.74) is 0.330. The van der Waals surface area contributed by atoms with Crippen molar-refractivity contribution in [3.05, 3.63) is 18.0 Å². The van der Waals surface area contributed by atoms with Crippen molar-refractivity contribution >= 4 is 11.8 Å². The van der Waals surface area contributed by atoms with E-state index >= 15 is 0 Å². The standard InChI is InChI=1S/C11H18N2OS/c1-3-6-13-10(4-5-12-13)11(14)7-9(2)15-8-11/h4-5,9,14H,3,6-8H2,1-2H3. The van der Waals surface area contributed by atoms with Crippen molar-refractivity contribution in [3.8, 4) is 0 Å². The first kappa shape index (κ1) is 11.0. The van der Waals surface area contributed by atoms with Crippen LogP contribution in [0.15, 0.2) is 12.3 Å². The summed E-state index contributed by atoms with van der Waals surface area (Å²) in [6.07, 6.45) is 3.68. The molecule has 4 heteroatoms. The van der Waals surface area contributed by atoms with Gasteiger partial charge in [-0.1, -0.05) is 13.8 Å². The molecule has 0 aliphatic carbocycles. The maximum absolute atomic E-state index is 10.5. The van der Waals surface area contributed by atoms with E-state index in [4.69, 9.17) is 0 Å². The molecule has 0 amide bonds. The molecule has 2 unspecified atom stereocenters. The first-order valence-electron chi connectivity index (χ1n) is 5.52. The maximum atomic E-state index is 10.5. The number of nitrogens with zero attached hydrogens (tertiary/aromatic N) is 2. The largest absolute Gasteiger partial charge is 0.383 e. The van der Waals surface area contributed by atoms with Gasteiger partial charge in [-0.15, -0.1) is 0 Å². The molecule has 2 heterocycles. The Morgan fingerprint density at radius 1 is 1.73 bits per heavy atom. The fourth-order valence-corrected chi connectivity index (χ4v) is 3.39. The minimum absolute atomic E-state index is 0.542. The van der Waals surface area contributed by atoms with Gasteiger partial charge in [-0.25, -0.2) is 0 Å². The molecule has 1 aromatic heterocycles. The van der Waals surface area contributed by atoms with Crippen molar-refractivity contribution in [1.29, 1.82) is 0 Å². The van der Waals surface area contributed by atoms with E-state index in [1.54, 1.807) is 6.20 Å². The fourth-order valence-electron chi connectivity index (χ4n) is 2.17. The topological polar surface area (TPSA) is 38.0 Å². The normalized spacial score (nSPS) is 31.0. The van der Waals surface area contributed by atoms with Crippen LogP contribution >= 0.6 is 11.8 Å². The zero-order chi connectivity index (χ0) is 10.9. The molecule has 0 radical (unpaired) electrons. The van der Waals surface area contributed by atoms with Gasteiger partial charge >= 0.3 is 0 Å². The molecule has 0 aromatic carbocycles. The van der Waals surface area contributed by atoms with E-state index in [2.05, 4.69) is 18.9 Å². The van der Waals surface area contributed by atoms with Crippen molar-refractivity contribution in [2.45, 2.75) is 44.1 Å². The molecule has 1 fully saturated rings. The van der Waals surface area contributed by atoms with Crippen LogP contribution in [0.2, 0.25) is 0 Å². The Morgan fingerprint density at radius 2 is 2.53 bits per heavy atom. The molecule has 1 aromatic rings. The van der Waals surface area contributed by atoms with Gasteiger partial charge in [-0.3, -0.25) is 4.68 Å². The molecule has 84 valence electrons. The highest BCUT2D eigenvalue weighted by atomic mass is 32.2. The van der Waals surface area contributed by atoms with Gasteiger partial charge in [0.15, 0.2) is 0 Å². The third-order valence-corrected chi connectivity index (χ3v) is 4.24. The van der Waals surface area contributed by atoms with Crippen LogP contribution in [0.4, 0.5) is 0 Å². The van der Waals surface area contributed by atoms with Crippen molar-refractivity contribution in [2.75, 3.05) is 5.75 Å². The molecular weight excluding hydrogens is 208 g/mol. The molecule has 15 heavy (non-hydrogen) atoms. The summed E-state index contributed by atoms with van der Waals surface area (Å²) >= 11 is 1.84. The van der Waals surface area contributed by atoms with Crippen molar-refractivity contribution in [3.63, 3.8) is 0 Å². The Bertz CT molecular complexity index is 339. The molecule has 0 spiro atoms. The summed E-state index contributed by atoms with van der Waals surface area (Å²) in [4.78, 5) is 0. The van der Waals surface area contributed by atoms with Crippen molar-refractivity contribution in [1.82, 2.24) is 9.78 Å². The molecule has 0 bridgehead atoms. The first-order chi connectivity index (χ1) is 7.15. The first-order valence-corrected chi connectivity index (χ1v) is 6.57. The molecule has 3 nitrogen and oxygen atoms in total. The Hall–Kier alpha value is -0.480. The van der Waals surface area contributed by atoms with Crippen LogP contribution in [-0.4, -0.2) is 25.9 Å². The van der Waals surface area contributed by atoms with Gasteiger partial charge in [-0.05, 0) is 18.9 Å². The summed E-state index contributed by atoms with van der Waals surface area (Å²) in [6, 6.07) is 1.95. The quantitative estimate of drug-likeness (QED) is 0.856. The minimum atomic E-state index is -0.657. The van der Waals surface area contributed by atoms with Gasteiger partial charge < -0.3 is 5.11 Å². The number of rotatable bonds is 3. The minimum Gasteiger partial charge on any atom is -0.383 e. The summed E-state index contributed by atoms with van der Waals surface area (Å²) < 4.78 is 1.94. The number of aryl methyl sites for hydroxylation is 1. The Labute approximate surface area is 94.9 Å². The SMILES string of the molecule is CCCn1nccc1C1(O)CSC(C)C1. The smallest absolute Gasteiger partial charge is 0.116 e. The summed E-state index contributed by atoms with van der Waals surface area (Å²) in [6.45, 7) is 5.19. The fraction of sp³-hybridized carbons (Fsp3) is 0.727. The van der Waals surface area contributed by atoms with Crippen LogP contribution in [0.5, 0.6) is 0 Å². The lowest BCUT2D eigenvalue weighted by atomic mass is 9.96. The number of aliphatic hydroxyl groups is 1. The average Bonchev–Trinajstić information content (AvgIpc) is 2.75. The van der Waals surface area contributed by atoms with Crippen LogP contribution < -0.4 is 0 Å². The van der Waals surface area contributed by atoms with Crippen LogP contribution in [0.1, 0.15) is 32.4 Å². The van der Waals surface area contributed by atoms with Gasteiger partial charge in [-0.2, -0.15) is 16.9 Å². The van der Waals surface area contributed by atoms with E-state index in [9.17, 15) is 5.11 Å². The van der Waals surface area contributed by atoms with Gasteiger partial charge in [0.1, 0.15) is 5.60 Å². The molecule has 1 aliphatic heterocycles. The van der Waals surface area contributed by atoms with Crippen LogP contribution in [0.25, 0.3) is 0 Å². The van der Waals surface area contributed by atoms with Crippen molar-refractivity contribution < 1.29 is 5.11 Å². The van der Waals surface area contributed by atoms with E-state index in [1.807, 2.05) is 22.5 Å². The summed E-state index contributed by atoms with van der Waals surface area (Å²) in [5, 5.41) is 15.4. The van der Waals surface area contributed by atoms with Gasteiger partial charge in [0.25, 0.3) is 0 Å². The highest BCUT2D eigenvalue weighted by Gasteiger charge is 2.39. The highest BCUT2D eigenvalue weighted by Crippen LogP contribution is 2.41. The lowest BCUT2D eigenvalue weighted by molar-refractivity contribution is 0.0513. The second kappa shape index (κ2) is 4.18. The van der Waals surface area contributed by atoms with Crippen molar-refractivity contribution in [2.24, 2.45) is 0 Å². The van der Waals surface area contributed by atoms with Gasteiger partial charge in [0, 0.05) is 23.7 Å². The molecule has 1 N–H and O–H groups in total. The predicted molar refractivity (Wildman–Crippen MR) is 63.0 cm³/mol. The average molecular weight is 226 g/mol. The molecule has 1 saturated heterocycles. The molecular formula is C11H18N2OS. The summed E-state index contributed by atoms with van der Waals surface area (Å²) in [7, 11) is 0. The Kier molecular flexibility index (Phi) is 3.07. The molecule has 2 rings (SSSR count). The molecule has 2 atom stereocenters. The van der Waals surface area contributed by atoms with Gasteiger partial charge in [0.2, 0.25) is 0 Å². The number of aromatic nitrogens is 2. The van der Waals surface area contributed by atoms with Crippen LogP contribution in [-0.2, 0) is 12.1 Å².